The Kier molecular flexibility index (Phi) is 6.91. The molecule has 0 bridgehead atoms. The van der Waals surface area contributed by atoms with Crippen molar-refractivity contribution in [3.63, 3.8) is 0 Å². The molecular formula is C22H34N4OS. The molecule has 0 spiro atoms. The number of amides is 1. The van der Waals surface area contributed by atoms with E-state index in [9.17, 15) is 4.79 Å². The number of fused-ring (bicyclic) bond motifs is 1. The van der Waals surface area contributed by atoms with Crippen LogP contribution in [0.15, 0.2) is 0 Å². The fourth-order valence-electron chi connectivity index (χ4n) is 4.01. The molecule has 1 atom stereocenters. The molecule has 0 N–H and O–H groups in total. The first-order chi connectivity index (χ1) is 13.5. The van der Waals surface area contributed by atoms with Gasteiger partial charge in [-0.3, -0.25) is 4.79 Å². The number of hydrogen-bond acceptors (Lipinski definition) is 5. The van der Waals surface area contributed by atoms with Gasteiger partial charge in [0.05, 0.1) is 5.39 Å². The Bertz CT molecular complexity index is 824. The van der Waals surface area contributed by atoms with Crippen LogP contribution in [0, 0.1) is 19.8 Å². The molecule has 6 heteroatoms. The van der Waals surface area contributed by atoms with Gasteiger partial charge in [0.1, 0.15) is 16.5 Å². The molecule has 0 saturated carbocycles. The Morgan fingerprint density at radius 2 is 1.82 bits per heavy atom. The van der Waals surface area contributed by atoms with Crippen LogP contribution in [0.4, 0.5) is 5.82 Å². The van der Waals surface area contributed by atoms with Crippen molar-refractivity contribution < 1.29 is 4.79 Å². The summed E-state index contributed by atoms with van der Waals surface area (Å²) in [5.74, 6) is 2.51. The lowest BCUT2D eigenvalue weighted by Gasteiger charge is -2.37. The summed E-state index contributed by atoms with van der Waals surface area (Å²) in [7, 11) is 0. The number of carbonyl (C=O) groups is 1. The summed E-state index contributed by atoms with van der Waals surface area (Å²) >= 11 is 1.76. The maximum atomic E-state index is 12.9. The van der Waals surface area contributed by atoms with Crippen molar-refractivity contribution >= 4 is 33.3 Å². The van der Waals surface area contributed by atoms with Gasteiger partial charge in [0.15, 0.2) is 0 Å². The minimum atomic E-state index is 0.186. The summed E-state index contributed by atoms with van der Waals surface area (Å²) in [6.45, 7) is 14.0. The van der Waals surface area contributed by atoms with E-state index in [4.69, 9.17) is 9.97 Å². The zero-order chi connectivity index (χ0) is 20.3. The number of rotatable bonds is 7. The molecule has 1 unspecified atom stereocenters. The number of piperazine rings is 1. The van der Waals surface area contributed by atoms with E-state index in [-0.39, 0.29) is 5.92 Å². The van der Waals surface area contributed by atoms with Gasteiger partial charge in [-0.1, -0.05) is 33.6 Å². The van der Waals surface area contributed by atoms with Gasteiger partial charge in [0.25, 0.3) is 0 Å². The highest BCUT2D eigenvalue weighted by Gasteiger charge is 2.28. The summed E-state index contributed by atoms with van der Waals surface area (Å²) < 4.78 is 0. The van der Waals surface area contributed by atoms with Crippen LogP contribution in [0.25, 0.3) is 10.2 Å². The van der Waals surface area contributed by atoms with Crippen LogP contribution in [-0.2, 0) is 11.2 Å². The van der Waals surface area contributed by atoms with E-state index >= 15 is 0 Å². The van der Waals surface area contributed by atoms with Crippen LogP contribution in [-0.4, -0.2) is 47.0 Å². The first-order valence-corrected chi connectivity index (χ1v) is 11.6. The number of thiophene rings is 1. The number of unbranched alkanes of at least 4 members (excludes halogenated alkanes) is 1. The normalized spacial score (nSPS) is 16.0. The van der Waals surface area contributed by atoms with E-state index in [1.165, 1.54) is 15.8 Å². The van der Waals surface area contributed by atoms with Crippen LogP contribution in [0.5, 0.6) is 0 Å². The van der Waals surface area contributed by atoms with Crippen molar-refractivity contribution in [3.8, 4) is 0 Å². The van der Waals surface area contributed by atoms with E-state index in [1.54, 1.807) is 11.3 Å². The molecule has 1 fully saturated rings. The predicted molar refractivity (Wildman–Crippen MR) is 118 cm³/mol. The maximum absolute atomic E-state index is 12.9. The second-order valence-corrected chi connectivity index (χ2v) is 9.04. The van der Waals surface area contributed by atoms with Crippen molar-refractivity contribution in [3.05, 3.63) is 16.3 Å². The summed E-state index contributed by atoms with van der Waals surface area (Å²) in [4.78, 5) is 29.4. The van der Waals surface area contributed by atoms with Gasteiger partial charge in [-0.25, -0.2) is 9.97 Å². The molecule has 0 radical (unpaired) electrons. The largest absolute Gasteiger partial charge is 0.352 e. The fourth-order valence-corrected chi connectivity index (χ4v) is 5.05. The van der Waals surface area contributed by atoms with E-state index in [0.29, 0.717) is 5.91 Å². The first kappa shape index (κ1) is 21.0. The van der Waals surface area contributed by atoms with Gasteiger partial charge in [0.2, 0.25) is 5.91 Å². The van der Waals surface area contributed by atoms with Crippen molar-refractivity contribution in [2.45, 2.75) is 66.7 Å². The molecule has 1 saturated heterocycles. The van der Waals surface area contributed by atoms with E-state index in [2.05, 4.69) is 44.4 Å². The van der Waals surface area contributed by atoms with Gasteiger partial charge in [-0.2, -0.15) is 0 Å². The Balaban J connectivity index is 1.77. The lowest BCUT2D eigenvalue weighted by atomic mass is 9.97. The predicted octanol–water partition coefficient (Wildman–Crippen LogP) is 4.74. The van der Waals surface area contributed by atoms with Crippen LogP contribution >= 0.6 is 11.3 Å². The average molecular weight is 403 g/mol. The zero-order valence-corrected chi connectivity index (χ0v) is 18.9. The summed E-state index contributed by atoms with van der Waals surface area (Å²) in [5, 5.41) is 1.20. The molecule has 1 amide bonds. The van der Waals surface area contributed by atoms with Gasteiger partial charge in [-0.15, -0.1) is 11.3 Å². The Morgan fingerprint density at radius 3 is 2.43 bits per heavy atom. The molecule has 5 nitrogen and oxygen atoms in total. The van der Waals surface area contributed by atoms with Gasteiger partial charge >= 0.3 is 0 Å². The average Bonchev–Trinajstić information content (AvgIpc) is 3.01. The molecule has 0 aromatic carbocycles. The standard InChI is InChI=1S/C22H34N4OS/c1-6-9-10-17(7-2)22(27)26-13-11-25(12-14-26)20-19-15(4)16(5)28-21(19)24-18(8-3)23-20/h17H,6-14H2,1-5H3. The minimum absolute atomic E-state index is 0.186. The number of nitrogens with zero attached hydrogens (tertiary/aromatic N) is 4. The molecular weight excluding hydrogens is 368 g/mol. The second kappa shape index (κ2) is 9.21. The monoisotopic (exact) mass is 402 g/mol. The Labute approximate surface area is 173 Å². The maximum Gasteiger partial charge on any atom is 0.225 e. The molecule has 3 heterocycles. The minimum Gasteiger partial charge on any atom is -0.352 e. The highest BCUT2D eigenvalue weighted by atomic mass is 32.1. The number of hydrogen-bond donors (Lipinski definition) is 0. The SMILES string of the molecule is CCCCC(CC)C(=O)N1CCN(c2nc(CC)nc3sc(C)c(C)c23)CC1. The molecule has 1 aliphatic rings. The van der Waals surface area contributed by atoms with Crippen molar-refractivity contribution in [1.29, 1.82) is 0 Å². The highest BCUT2D eigenvalue weighted by Crippen LogP contribution is 2.35. The lowest BCUT2D eigenvalue weighted by molar-refractivity contribution is -0.136. The van der Waals surface area contributed by atoms with Crippen molar-refractivity contribution in [1.82, 2.24) is 14.9 Å². The molecule has 2 aromatic heterocycles. The highest BCUT2D eigenvalue weighted by molar-refractivity contribution is 7.18. The number of anilines is 1. The fraction of sp³-hybridized carbons (Fsp3) is 0.682. The second-order valence-electron chi connectivity index (χ2n) is 7.84. The summed E-state index contributed by atoms with van der Waals surface area (Å²) in [5.41, 5.74) is 1.29. The summed E-state index contributed by atoms with van der Waals surface area (Å²) in [6, 6.07) is 0. The quantitative estimate of drug-likeness (QED) is 0.671. The molecule has 0 aliphatic carbocycles. The van der Waals surface area contributed by atoms with E-state index in [0.717, 1.165) is 74.8 Å². The van der Waals surface area contributed by atoms with Crippen molar-refractivity contribution in [2.24, 2.45) is 5.92 Å². The van der Waals surface area contributed by atoms with Gasteiger partial charge in [-0.05, 0) is 32.3 Å². The van der Waals surface area contributed by atoms with E-state index < -0.39 is 0 Å². The topological polar surface area (TPSA) is 49.3 Å². The third-order valence-corrected chi connectivity index (χ3v) is 7.11. The Morgan fingerprint density at radius 1 is 1.11 bits per heavy atom. The van der Waals surface area contributed by atoms with Crippen molar-refractivity contribution in [2.75, 3.05) is 31.1 Å². The molecule has 154 valence electrons. The molecule has 2 aromatic rings. The van der Waals surface area contributed by atoms with Crippen LogP contribution in [0.2, 0.25) is 0 Å². The third-order valence-electron chi connectivity index (χ3n) is 6.01. The number of carbonyl (C=O) groups excluding carboxylic acids is 1. The Hall–Kier alpha value is -1.69. The number of aryl methyl sites for hydroxylation is 3. The smallest absolute Gasteiger partial charge is 0.225 e. The first-order valence-electron chi connectivity index (χ1n) is 10.8. The van der Waals surface area contributed by atoms with E-state index in [1.807, 2.05) is 0 Å². The van der Waals surface area contributed by atoms with Gasteiger partial charge < -0.3 is 9.80 Å². The van der Waals surface area contributed by atoms with Crippen LogP contribution in [0.3, 0.4) is 0 Å². The lowest BCUT2D eigenvalue weighted by Crippen LogP contribution is -2.50. The van der Waals surface area contributed by atoms with Crippen LogP contribution in [0.1, 0.15) is 62.7 Å². The third kappa shape index (κ3) is 4.17. The zero-order valence-electron chi connectivity index (χ0n) is 18.0. The number of aromatic nitrogens is 2. The molecule has 28 heavy (non-hydrogen) atoms. The summed E-state index contributed by atoms with van der Waals surface area (Å²) in [6.07, 6.45) is 5.10. The van der Waals surface area contributed by atoms with Crippen LogP contribution < -0.4 is 4.90 Å². The van der Waals surface area contributed by atoms with Gasteiger partial charge in [0, 0.05) is 43.4 Å². The molecule has 1 aliphatic heterocycles. The molecule has 3 rings (SSSR count).